The first-order valence-corrected chi connectivity index (χ1v) is 7.53. The Labute approximate surface area is 138 Å². The molecule has 2 aromatic heterocycles. The monoisotopic (exact) mass is 314 g/mol. The minimum Gasteiger partial charge on any atom is -0.508 e. The van der Waals surface area contributed by atoms with Crippen LogP contribution in [0.5, 0.6) is 5.75 Å². The predicted octanol–water partition coefficient (Wildman–Crippen LogP) is 4.14. The Morgan fingerprint density at radius 1 is 0.792 bits per heavy atom. The number of pyridine rings is 1. The van der Waals surface area contributed by atoms with Gasteiger partial charge < -0.3 is 10.4 Å². The van der Waals surface area contributed by atoms with E-state index in [1.165, 1.54) is 0 Å². The summed E-state index contributed by atoms with van der Waals surface area (Å²) in [5.41, 5.74) is 3.86. The molecule has 2 N–H and O–H groups in total. The van der Waals surface area contributed by atoms with Gasteiger partial charge in [-0.2, -0.15) is 0 Å². The standard InChI is InChI=1S/C19H14N4O/c24-15-8-6-13(7-9-15)17-12-20-16-10-11-18(23-19(16)22-17)21-14-4-2-1-3-5-14/h1-12,24H,(H,21,22,23). The fourth-order valence-corrected chi connectivity index (χ4v) is 2.41. The van der Waals surface area contributed by atoms with E-state index in [0.717, 1.165) is 16.8 Å². The molecule has 4 aromatic rings. The lowest BCUT2D eigenvalue weighted by atomic mass is 10.1. The van der Waals surface area contributed by atoms with Crippen LogP contribution >= 0.6 is 0 Å². The molecule has 0 spiro atoms. The minimum atomic E-state index is 0.222. The van der Waals surface area contributed by atoms with Crippen molar-refractivity contribution in [3.63, 3.8) is 0 Å². The lowest BCUT2D eigenvalue weighted by molar-refractivity contribution is 0.475. The van der Waals surface area contributed by atoms with Crippen molar-refractivity contribution in [3.8, 4) is 17.0 Å². The third-order valence-corrected chi connectivity index (χ3v) is 3.62. The smallest absolute Gasteiger partial charge is 0.180 e. The normalized spacial score (nSPS) is 10.7. The molecule has 0 fully saturated rings. The van der Waals surface area contributed by atoms with Crippen LogP contribution in [0.15, 0.2) is 72.9 Å². The van der Waals surface area contributed by atoms with E-state index in [0.29, 0.717) is 17.2 Å². The van der Waals surface area contributed by atoms with Gasteiger partial charge in [-0.1, -0.05) is 18.2 Å². The van der Waals surface area contributed by atoms with Gasteiger partial charge in [-0.25, -0.2) is 9.97 Å². The number of phenols is 1. The molecule has 0 amide bonds. The molecular weight excluding hydrogens is 300 g/mol. The van der Waals surface area contributed by atoms with Crippen LogP contribution in [0.1, 0.15) is 0 Å². The van der Waals surface area contributed by atoms with Gasteiger partial charge in [0.05, 0.1) is 11.9 Å². The zero-order valence-corrected chi connectivity index (χ0v) is 12.7. The van der Waals surface area contributed by atoms with E-state index in [1.54, 1.807) is 30.5 Å². The molecule has 0 atom stereocenters. The van der Waals surface area contributed by atoms with Crippen molar-refractivity contribution in [2.75, 3.05) is 5.32 Å². The maximum absolute atomic E-state index is 9.40. The summed E-state index contributed by atoms with van der Waals surface area (Å²) in [5, 5.41) is 12.6. The molecule has 5 nitrogen and oxygen atoms in total. The summed E-state index contributed by atoms with van der Waals surface area (Å²) in [5.74, 6) is 0.936. The molecule has 0 radical (unpaired) electrons. The molecule has 4 rings (SSSR count). The molecule has 0 saturated heterocycles. The second kappa shape index (κ2) is 5.96. The number of benzene rings is 2. The lowest BCUT2D eigenvalue weighted by Crippen LogP contribution is -1.96. The third-order valence-electron chi connectivity index (χ3n) is 3.62. The molecule has 0 unspecified atom stereocenters. The van der Waals surface area contributed by atoms with Crippen LogP contribution in [0.25, 0.3) is 22.4 Å². The fraction of sp³-hybridized carbons (Fsp3) is 0. The molecular formula is C19H14N4O. The zero-order chi connectivity index (χ0) is 16.4. The highest BCUT2D eigenvalue weighted by atomic mass is 16.3. The van der Waals surface area contributed by atoms with Crippen molar-refractivity contribution < 1.29 is 5.11 Å². The Kier molecular flexibility index (Phi) is 3.51. The summed E-state index contributed by atoms with van der Waals surface area (Å²) in [6, 6.07) is 20.5. The van der Waals surface area contributed by atoms with Crippen molar-refractivity contribution in [2.45, 2.75) is 0 Å². The first-order valence-electron chi connectivity index (χ1n) is 7.53. The number of aromatic hydroxyl groups is 1. The van der Waals surface area contributed by atoms with E-state index in [1.807, 2.05) is 42.5 Å². The summed E-state index contributed by atoms with van der Waals surface area (Å²) in [6.45, 7) is 0. The van der Waals surface area contributed by atoms with Crippen molar-refractivity contribution in [1.29, 1.82) is 0 Å². The molecule has 0 aliphatic heterocycles. The first kappa shape index (κ1) is 14.1. The summed E-state index contributed by atoms with van der Waals surface area (Å²) in [6.07, 6.45) is 1.71. The Morgan fingerprint density at radius 2 is 1.58 bits per heavy atom. The maximum atomic E-state index is 9.40. The summed E-state index contributed by atoms with van der Waals surface area (Å²) >= 11 is 0. The molecule has 116 valence electrons. The molecule has 5 heteroatoms. The van der Waals surface area contributed by atoms with Crippen LogP contribution in [0.4, 0.5) is 11.5 Å². The quantitative estimate of drug-likeness (QED) is 0.594. The van der Waals surface area contributed by atoms with Crippen LogP contribution in [0.2, 0.25) is 0 Å². The fourth-order valence-electron chi connectivity index (χ4n) is 2.41. The molecule has 2 heterocycles. The molecule has 0 aliphatic rings. The van der Waals surface area contributed by atoms with Crippen molar-refractivity contribution >= 4 is 22.7 Å². The van der Waals surface area contributed by atoms with Gasteiger partial charge >= 0.3 is 0 Å². The third kappa shape index (κ3) is 2.87. The van der Waals surface area contributed by atoms with Crippen LogP contribution in [0, 0.1) is 0 Å². The number of para-hydroxylation sites is 1. The average molecular weight is 314 g/mol. The van der Waals surface area contributed by atoms with Gasteiger partial charge in [0, 0.05) is 11.3 Å². The molecule has 24 heavy (non-hydrogen) atoms. The summed E-state index contributed by atoms with van der Waals surface area (Å²) < 4.78 is 0. The average Bonchev–Trinajstić information content (AvgIpc) is 2.63. The Hall–Kier alpha value is -3.47. The lowest BCUT2D eigenvalue weighted by Gasteiger charge is -2.07. The van der Waals surface area contributed by atoms with Crippen LogP contribution < -0.4 is 5.32 Å². The zero-order valence-electron chi connectivity index (χ0n) is 12.7. The van der Waals surface area contributed by atoms with Gasteiger partial charge in [-0.3, -0.25) is 4.98 Å². The highest BCUT2D eigenvalue weighted by molar-refractivity contribution is 5.76. The van der Waals surface area contributed by atoms with E-state index < -0.39 is 0 Å². The first-order chi connectivity index (χ1) is 11.8. The highest BCUT2D eigenvalue weighted by Gasteiger charge is 2.05. The molecule has 0 saturated carbocycles. The number of fused-ring (bicyclic) bond motifs is 1. The number of hydrogen-bond donors (Lipinski definition) is 2. The number of hydrogen-bond acceptors (Lipinski definition) is 5. The number of phenolic OH excluding ortho intramolecular Hbond substituents is 1. The van der Waals surface area contributed by atoms with Crippen molar-refractivity contribution in [1.82, 2.24) is 15.0 Å². The van der Waals surface area contributed by atoms with Crippen LogP contribution in [-0.4, -0.2) is 20.1 Å². The summed E-state index contributed by atoms with van der Waals surface area (Å²) in [4.78, 5) is 13.5. The van der Waals surface area contributed by atoms with E-state index in [2.05, 4.69) is 20.3 Å². The maximum Gasteiger partial charge on any atom is 0.180 e. The van der Waals surface area contributed by atoms with E-state index in [9.17, 15) is 5.11 Å². The van der Waals surface area contributed by atoms with E-state index in [4.69, 9.17) is 0 Å². The minimum absolute atomic E-state index is 0.222. The largest absolute Gasteiger partial charge is 0.508 e. The van der Waals surface area contributed by atoms with Gasteiger partial charge in [0.1, 0.15) is 17.1 Å². The molecule has 0 bridgehead atoms. The van der Waals surface area contributed by atoms with E-state index >= 15 is 0 Å². The number of nitrogens with zero attached hydrogens (tertiary/aromatic N) is 3. The Bertz CT molecular complexity index is 985. The number of nitrogens with one attached hydrogen (secondary N) is 1. The number of aromatic nitrogens is 3. The van der Waals surface area contributed by atoms with E-state index in [-0.39, 0.29) is 5.75 Å². The molecule has 0 aliphatic carbocycles. The Balaban J connectivity index is 1.71. The topological polar surface area (TPSA) is 70.9 Å². The second-order valence-electron chi connectivity index (χ2n) is 5.33. The Morgan fingerprint density at radius 3 is 2.38 bits per heavy atom. The second-order valence-corrected chi connectivity index (χ2v) is 5.33. The van der Waals surface area contributed by atoms with Crippen LogP contribution in [0.3, 0.4) is 0 Å². The highest BCUT2D eigenvalue weighted by Crippen LogP contribution is 2.22. The van der Waals surface area contributed by atoms with Gasteiger partial charge in [-0.05, 0) is 48.5 Å². The summed E-state index contributed by atoms with van der Waals surface area (Å²) in [7, 11) is 0. The van der Waals surface area contributed by atoms with Crippen molar-refractivity contribution in [3.05, 3.63) is 72.9 Å². The van der Waals surface area contributed by atoms with Gasteiger partial charge in [0.2, 0.25) is 0 Å². The SMILES string of the molecule is Oc1ccc(-c2cnc3ccc(Nc4ccccc4)nc3n2)cc1. The van der Waals surface area contributed by atoms with Crippen molar-refractivity contribution in [2.24, 2.45) is 0 Å². The number of rotatable bonds is 3. The van der Waals surface area contributed by atoms with Gasteiger partial charge in [0.25, 0.3) is 0 Å². The van der Waals surface area contributed by atoms with Gasteiger partial charge in [0.15, 0.2) is 5.65 Å². The van der Waals surface area contributed by atoms with Crippen LogP contribution in [-0.2, 0) is 0 Å². The number of anilines is 2. The molecule has 2 aromatic carbocycles. The predicted molar refractivity (Wildman–Crippen MR) is 94.2 cm³/mol. The van der Waals surface area contributed by atoms with Gasteiger partial charge in [-0.15, -0.1) is 0 Å².